The predicted octanol–water partition coefficient (Wildman–Crippen LogP) is 7.79. The summed E-state index contributed by atoms with van der Waals surface area (Å²) in [7, 11) is 0. The maximum atomic E-state index is 12.2. The summed E-state index contributed by atoms with van der Waals surface area (Å²) in [6.45, 7) is 4.75. The first-order chi connectivity index (χ1) is 13.3. The molecule has 1 unspecified atom stereocenters. The van der Waals surface area contributed by atoms with Crippen LogP contribution < -0.4 is 4.74 Å². The molecule has 28 heavy (non-hydrogen) atoms. The first-order valence-corrected chi connectivity index (χ1v) is 11.1. The van der Waals surface area contributed by atoms with Crippen LogP contribution in [0.5, 0.6) is 5.75 Å². The van der Waals surface area contributed by atoms with E-state index in [-0.39, 0.29) is 5.75 Å². The number of benzene rings is 1. The minimum Gasteiger partial charge on any atom is -0.406 e. The van der Waals surface area contributed by atoms with Crippen molar-refractivity contribution < 1.29 is 17.9 Å². The molecule has 1 atom stereocenters. The van der Waals surface area contributed by atoms with Crippen molar-refractivity contribution in [3.05, 3.63) is 29.8 Å². The zero-order valence-electron chi connectivity index (χ0n) is 17.3. The summed E-state index contributed by atoms with van der Waals surface area (Å²) in [5.41, 5.74) is 1.09. The van der Waals surface area contributed by atoms with Crippen molar-refractivity contribution in [2.24, 2.45) is 29.6 Å². The SMILES string of the molecule is CC1CCC(C2CCC(C(C)CCc3ccc(OC(F)(F)F)cc3)CC2)CC1. The third-order valence-corrected chi connectivity index (χ3v) is 7.39. The van der Waals surface area contributed by atoms with Crippen molar-refractivity contribution in [1.82, 2.24) is 0 Å². The lowest BCUT2D eigenvalue weighted by molar-refractivity contribution is -0.274. The highest BCUT2D eigenvalue weighted by Crippen LogP contribution is 2.43. The molecule has 158 valence electrons. The molecule has 2 saturated carbocycles. The van der Waals surface area contributed by atoms with Gasteiger partial charge in [0.1, 0.15) is 5.75 Å². The van der Waals surface area contributed by atoms with Crippen LogP contribution in [0.3, 0.4) is 0 Å². The Bertz CT molecular complexity index is 579. The summed E-state index contributed by atoms with van der Waals surface area (Å²) in [4.78, 5) is 0. The van der Waals surface area contributed by atoms with Crippen molar-refractivity contribution >= 4 is 0 Å². The van der Waals surface area contributed by atoms with Gasteiger partial charge in [0.25, 0.3) is 0 Å². The van der Waals surface area contributed by atoms with Gasteiger partial charge in [-0.05, 0) is 98.7 Å². The van der Waals surface area contributed by atoms with Gasteiger partial charge in [-0.25, -0.2) is 0 Å². The van der Waals surface area contributed by atoms with Crippen molar-refractivity contribution in [3.63, 3.8) is 0 Å². The molecule has 2 aliphatic rings. The monoisotopic (exact) mass is 396 g/mol. The summed E-state index contributed by atoms with van der Waals surface area (Å²) in [6, 6.07) is 6.36. The molecule has 1 aromatic carbocycles. The molecule has 1 aromatic rings. The number of aryl methyl sites for hydroxylation is 1. The predicted molar refractivity (Wildman–Crippen MR) is 107 cm³/mol. The maximum Gasteiger partial charge on any atom is 0.573 e. The lowest BCUT2D eigenvalue weighted by Gasteiger charge is -2.38. The topological polar surface area (TPSA) is 9.23 Å². The summed E-state index contributed by atoms with van der Waals surface area (Å²) in [6.07, 6.45) is 8.66. The van der Waals surface area contributed by atoms with E-state index in [4.69, 9.17) is 0 Å². The summed E-state index contributed by atoms with van der Waals surface area (Å²) >= 11 is 0. The molecule has 0 saturated heterocycles. The maximum absolute atomic E-state index is 12.2. The Morgan fingerprint density at radius 2 is 1.43 bits per heavy atom. The third-order valence-electron chi connectivity index (χ3n) is 7.39. The molecule has 0 radical (unpaired) electrons. The molecular formula is C24H35F3O. The highest BCUT2D eigenvalue weighted by Gasteiger charge is 2.32. The number of rotatable bonds is 6. The fourth-order valence-corrected chi connectivity index (χ4v) is 5.43. The quantitative estimate of drug-likeness (QED) is 0.477. The van der Waals surface area contributed by atoms with Gasteiger partial charge >= 0.3 is 6.36 Å². The van der Waals surface area contributed by atoms with E-state index in [1.54, 1.807) is 12.1 Å². The van der Waals surface area contributed by atoms with Crippen molar-refractivity contribution in [3.8, 4) is 5.75 Å². The fourth-order valence-electron chi connectivity index (χ4n) is 5.43. The fraction of sp³-hybridized carbons (Fsp3) is 0.750. The van der Waals surface area contributed by atoms with Gasteiger partial charge in [0, 0.05) is 0 Å². The largest absolute Gasteiger partial charge is 0.573 e. The van der Waals surface area contributed by atoms with Gasteiger partial charge in [0.15, 0.2) is 0 Å². The molecule has 0 aromatic heterocycles. The molecule has 1 nitrogen and oxygen atoms in total. The lowest BCUT2D eigenvalue weighted by atomic mass is 9.67. The first kappa shape index (κ1) is 21.5. The van der Waals surface area contributed by atoms with Crippen LogP contribution in [0.2, 0.25) is 0 Å². The molecular weight excluding hydrogens is 361 g/mol. The van der Waals surface area contributed by atoms with Crippen LogP contribution in [-0.4, -0.2) is 6.36 Å². The minimum absolute atomic E-state index is 0.139. The Kier molecular flexibility index (Phi) is 7.33. The van der Waals surface area contributed by atoms with E-state index in [1.165, 1.54) is 63.5 Å². The highest BCUT2D eigenvalue weighted by atomic mass is 19.4. The van der Waals surface area contributed by atoms with Crippen LogP contribution in [0.15, 0.2) is 24.3 Å². The molecule has 0 N–H and O–H groups in total. The molecule has 0 spiro atoms. The van der Waals surface area contributed by atoms with Gasteiger partial charge in [0.2, 0.25) is 0 Å². The normalized spacial score (nSPS) is 30.0. The zero-order valence-corrected chi connectivity index (χ0v) is 17.3. The van der Waals surface area contributed by atoms with Gasteiger partial charge in [-0.1, -0.05) is 38.8 Å². The van der Waals surface area contributed by atoms with E-state index in [1.807, 2.05) is 0 Å². The number of hydrogen-bond acceptors (Lipinski definition) is 1. The number of hydrogen-bond donors (Lipinski definition) is 0. The van der Waals surface area contributed by atoms with E-state index in [0.717, 1.165) is 42.1 Å². The molecule has 2 aliphatic carbocycles. The smallest absolute Gasteiger partial charge is 0.406 e. The van der Waals surface area contributed by atoms with Crippen LogP contribution in [-0.2, 0) is 6.42 Å². The molecule has 0 bridgehead atoms. The Morgan fingerprint density at radius 3 is 1.96 bits per heavy atom. The Balaban J connectivity index is 1.39. The Labute approximate surface area is 168 Å². The van der Waals surface area contributed by atoms with Crippen LogP contribution in [0, 0.1) is 29.6 Å². The number of alkyl halides is 3. The first-order valence-electron chi connectivity index (χ1n) is 11.1. The van der Waals surface area contributed by atoms with Crippen LogP contribution in [0.4, 0.5) is 13.2 Å². The number of ether oxygens (including phenoxy) is 1. The second-order valence-corrected chi connectivity index (χ2v) is 9.40. The second kappa shape index (κ2) is 9.54. The average molecular weight is 397 g/mol. The summed E-state index contributed by atoms with van der Waals surface area (Å²) < 4.78 is 40.7. The summed E-state index contributed by atoms with van der Waals surface area (Å²) in [5.74, 6) is 4.22. The molecule has 0 heterocycles. The van der Waals surface area contributed by atoms with Gasteiger partial charge in [-0.15, -0.1) is 13.2 Å². The average Bonchev–Trinajstić information content (AvgIpc) is 2.67. The van der Waals surface area contributed by atoms with Crippen molar-refractivity contribution in [1.29, 1.82) is 0 Å². The molecule has 0 aliphatic heterocycles. The van der Waals surface area contributed by atoms with Gasteiger partial charge in [-0.3, -0.25) is 0 Å². The lowest BCUT2D eigenvalue weighted by Crippen LogP contribution is -2.27. The molecule has 2 fully saturated rings. The van der Waals surface area contributed by atoms with Gasteiger partial charge in [0.05, 0.1) is 0 Å². The third kappa shape index (κ3) is 6.42. The summed E-state index contributed by atoms with van der Waals surface area (Å²) in [5, 5.41) is 0. The Morgan fingerprint density at radius 1 is 0.893 bits per heavy atom. The van der Waals surface area contributed by atoms with E-state index < -0.39 is 6.36 Å². The van der Waals surface area contributed by atoms with E-state index >= 15 is 0 Å². The van der Waals surface area contributed by atoms with Gasteiger partial charge in [-0.2, -0.15) is 0 Å². The molecule has 4 heteroatoms. The van der Waals surface area contributed by atoms with Crippen molar-refractivity contribution in [2.45, 2.75) is 84.4 Å². The number of halogens is 3. The molecule has 0 amide bonds. The standard InChI is InChI=1S/C24H35F3O/c1-17-3-9-21(10-4-17)22-13-11-20(12-14-22)18(2)5-6-19-7-15-23(16-8-19)28-24(25,26)27/h7-8,15-18,20-22H,3-6,9-14H2,1-2H3. The zero-order chi connectivity index (χ0) is 20.1. The minimum atomic E-state index is -4.62. The van der Waals surface area contributed by atoms with Crippen LogP contribution >= 0.6 is 0 Å². The van der Waals surface area contributed by atoms with Crippen LogP contribution in [0.25, 0.3) is 0 Å². The van der Waals surface area contributed by atoms with Crippen molar-refractivity contribution in [2.75, 3.05) is 0 Å². The van der Waals surface area contributed by atoms with E-state index in [2.05, 4.69) is 18.6 Å². The van der Waals surface area contributed by atoms with Gasteiger partial charge < -0.3 is 4.74 Å². The van der Waals surface area contributed by atoms with E-state index in [0.29, 0.717) is 5.92 Å². The highest BCUT2D eigenvalue weighted by molar-refractivity contribution is 5.27. The van der Waals surface area contributed by atoms with E-state index in [9.17, 15) is 13.2 Å². The van der Waals surface area contributed by atoms with Crippen LogP contribution in [0.1, 0.15) is 77.2 Å². The Hall–Kier alpha value is -1.19. The second-order valence-electron chi connectivity index (χ2n) is 9.40. The molecule has 3 rings (SSSR count).